The van der Waals surface area contributed by atoms with Crippen molar-refractivity contribution in [2.75, 3.05) is 33.3 Å². The molecule has 3 rings (SSSR count). The molecule has 17 heteroatoms. The van der Waals surface area contributed by atoms with Crippen molar-refractivity contribution in [3.8, 4) is 0 Å². The third kappa shape index (κ3) is 11.8. The Balaban J connectivity index is 1.77. The van der Waals surface area contributed by atoms with Gasteiger partial charge in [-0.15, -0.1) is 6.58 Å². The van der Waals surface area contributed by atoms with Crippen LogP contribution in [0.3, 0.4) is 0 Å². The summed E-state index contributed by atoms with van der Waals surface area (Å²) in [6.07, 6.45) is 5.56. The highest BCUT2D eigenvalue weighted by atomic mass is 31.2. The standard InChI is InChI=1S/C34H56N3O13P/c1-7-10-19-44-31(41)46-22-48-51(43,49-23-47-32(42)45-20-11-8-2)34(21-24(34)9-3)36-28(38)26-17-14-18-37(26)29(39)27(33(4,5)6)35-30(40)50-25-15-12-13-16-25/h9,24-27H,3,7-8,10-23H2,1-2,4-6H3,(H,35,40)(H,36,38)/t24-,26+,27?,34+/m1/s1. The first-order valence-corrected chi connectivity index (χ1v) is 19.5. The molecule has 16 nitrogen and oxygen atoms in total. The largest absolute Gasteiger partial charge is 0.510 e. The number of carbonyl (C=O) groups excluding carboxylic acids is 5. The van der Waals surface area contributed by atoms with E-state index in [4.69, 9.17) is 32.7 Å². The summed E-state index contributed by atoms with van der Waals surface area (Å²) in [6.45, 7) is 11.8. The maximum atomic E-state index is 14.5. The number of amides is 3. The van der Waals surface area contributed by atoms with E-state index in [9.17, 15) is 28.5 Å². The van der Waals surface area contributed by atoms with Gasteiger partial charge in [0.25, 0.3) is 0 Å². The lowest BCUT2D eigenvalue weighted by molar-refractivity contribution is -0.142. The Labute approximate surface area is 300 Å². The molecule has 0 aromatic heterocycles. The van der Waals surface area contributed by atoms with Crippen molar-refractivity contribution in [2.45, 2.75) is 129 Å². The predicted molar refractivity (Wildman–Crippen MR) is 183 cm³/mol. The van der Waals surface area contributed by atoms with Crippen LogP contribution < -0.4 is 10.6 Å². The Morgan fingerprint density at radius 2 is 1.47 bits per heavy atom. The zero-order chi connectivity index (χ0) is 37.7. The van der Waals surface area contributed by atoms with Gasteiger partial charge in [0.2, 0.25) is 25.4 Å². The van der Waals surface area contributed by atoms with Gasteiger partial charge in [-0.3, -0.25) is 23.2 Å². The van der Waals surface area contributed by atoms with Gasteiger partial charge in [-0.1, -0.05) is 53.5 Å². The summed E-state index contributed by atoms with van der Waals surface area (Å²) in [6, 6.07) is -1.99. The van der Waals surface area contributed by atoms with Crippen LogP contribution in [0, 0.1) is 11.3 Å². The third-order valence-corrected chi connectivity index (χ3v) is 11.6. The number of hydrogen-bond donors (Lipinski definition) is 2. The van der Waals surface area contributed by atoms with E-state index in [0.717, 1.165) is 38.5 Å². The molecule has 1 heterocycles. The zero-order valence-electron chi connectivity index (χ0n) is 30.6. The molecule has 2 saturated carbocycles. The van der Waals surface area contributed by atoms with Gasteiger partial charge in [0.1, 0.15) is 23.5 Å². The average molecular weight is 746 g/mol. The van der Waals surface area contributed by atoms with Gasteiger partial charge < -0.3 is 39.2 Å². The van der Waals surface area contributed by atoms with Gasteiger partial charge in [-0.2, -0.15) is 0 Å². The van der Waals surface area contributed by atoms with Crippen LogP contribution in [0.4, 0.5) is 14.4 Å². The topological polar surface area (TPSA) is 194 Å². The van der Waals surface area contributed by atoms with Crippen molar-refractivity contribution < 1.29 is 61.3 Å². The lowest BCUT2D eigenvalue weighted by atomic mass is 9.85. The fourth-order valence-electron chi connectivity index (χ4n) is 6.04. The minimum Gasteiger partial charge on any atom is -0.446 e. The summed E-state index contributed by atoms with van der Waals surface area (Å²) >= 11 is 0. The number of carbonyl (C=O) groups is 5. The first kappa shape index (κ1) is 42.1. The van der Waals surface area contributed by atoms with Crippen LogP contribution in [0.25, 0.3) is 0 Å². The Morgan fingerprint density at radius 1 is 0.902 bits per heavy atom. The van der Waals surface area contributed by atoms with Crippen LogP contribution in [0.5, 0.6) is 0 Å². The molecule has 3 amide bonds. The predicted octanol–water partition coefficient (Wildman–Crippen LogP) is 6.13. The highest BCUT2D eigenvalue weighted by Gasteiger charge is 2.69. The molecule has 0 radical (unpaired) electrons. The number of ether oxygens (including phenoxy) is 5. The van der Waals surface area contributed by atoms with Crippen molar-refractivity contribution in [1.82, 2.24) is 15.5 Å². The van der Waals surface area contributed by atoms with Gasteiger partial charge in [0.15, 0.2) is 0 Å². The Morgan fingerprint density at radius 3 is 1.96 bits per heavy atom. The smallest absolute Gasteiger partial charge is 0.446 e. The van der Waals surface area contributed by atoms with Gasteiger partial charge in [0.05, 0.1) is 13.2 Å². The van der Waals surface area contributed by atoms with Gasteiger partial charge in [-0.25, -0.2) is 14.4 Å². The van der Waals surface area contributed by atoms with Crippen LogP contribution in [-0.2, 0) is 46.9 Å². The molecule has 3 fully saturated rings. The number of nitrogens with zero attached hydrogens (tertiary/aromatic N) is 1. The van der Waals surface area contributed by atoms with Crippen LogP contribution in [0.2, 0.25) is 0 Å². The molecule has 1 unspecified atom stereocenters. The highest BCUT2D eigenvalue weighted by molar-refractivity contribution is 7.56. The van der Waals surface area contributed by atoms with Crippen LogP contribution in [0.1, 0.15) is 105 Å². The summed E-state index contributed by atoms with van der Waals surface area (Å²) in [5, 5.41) is 3.83. The van der Waals surface area contributed by atoms with E-state index in [1.165, 1.54) is 11.0 Å². The lowest BCUT2D eigenvalue weighted by Gasteiger charge is -2.36. The average Bonchev–Trinajstić information content (AvgIpc) is 3.37. The maximum absolute atomic E-state index is 14.5. The van der Waals surface area contributed by atoms with E-state index in [1.54, 1.807) is 20.8 Å². The zero-order valence-corrected chi connectivity index (χ0v) is 31.5. The molecule has 0 bridgehead atoms. The van der Waals surface area contributed by atoms with Gasteiger partial charge in [-0.05, 0) is 63.2 Å². The maximum Gasteiger partial charge on any atom is 0.510 e. The third-order valence-electron chi connectivity index (χ3n) is 9.12. The van der Waals surface area contributed by atoms with Crippen molar-refractivity contribution in [2.24, 2.45) is 11.3 Å². The Kier molecular flexibility index (Phi) is 16.1. The quantitative estimate of drug-likeness (QED) is 0.0383. The van der Waals surface area contributed by atoms with E-state index < -0.39 is 80.1 Å². The number of unbranched alkanes of at least 4 members (excludes halogenated alkanes) is 2. The summed E-state index contributed by atoms with van der Waals surface area (Å²) in [7, 11) is -4.52. The van der Waals surface area contributed by atoms with E-state index in [2.05, 4.69) is 17.2 Å². The molecule has 2 aliphatic carbocycles. The minimum atomic E-state index is -4.52. The molecule has 0 aromatic rings. The van der Waals surface area contributed by atoms with E-state index >= 15 is 0 Å². The number of likely N-dealkylation sites (tertiary alicyclic amines) is 1. The molecule has 0 spiro atoms. The second-order valence-electron chi connectivity index (χ2n) is 14.1. The summed E-state index contributed by atoms with van der Waals surface area (Å²) in [4.78, 5) is 66.3. The highest BCUT2D eigenvalue weighted by Crippen LogP contribution is 2.73. The monoisotopic (exact) mass is 745 g/mol. The molecule has 3 aliphatic rings. The van der Waals surface area contributed by atoms with E-state index in [0.29, 0.717) is 25.7 Å². The molecule has 290 valence electrons. The summed E-state index contributed by atoms with van der Waals surface area (Å²) in [5.41, 5.74) is -0.728. The van der Waals surface area contributed by atoms with E-state index in [-0.39, 0.29) is 32.3 Å². The molecule has 4 atom stereocenters. The summed E-state index contributed by atoms with van der Waals surface area (Å²) in [5.74, 6) is -1.73. The Bertz CT molecular complexity index is 1240. The van der Waals surface area contributed by atoms with Crippen LogP contribution in [0.15, 0.2) is 12.7 Å². The van der Waals surface area contributed by atoms with Crippen molar-refractivity contribution in [1.29, 1.82) is 0 Å². The first-order chi connectivity index (χ1) is 24.2. The van der Waals surface area contributed by atoms with Crippen LogP contribution in [-0.4, -0.2) is 91.9 Å². The van der Waals surface area contributed by atoms with Crippen molar-refractivity contribution in [3.63, 3.8) is 0 Å². The SMILES string of the molecule is C=C[C@@H]1C[C@]1(NC(=O)[C@@H]1CCCN1C(=O)C(NC(=O)OC1CCCC1)C(C)(C)C)P(=O)(OCOC(=O)OCCCC)OCOC(=O)OCCCC. The normalized spacial score (nSPS) is 22.4. The van der Waals surface area contributed by atoms with Crippen LogP contribution >= 0.6 is 7.60 Å². The lowest BCUT2D eigenvalue weighted by Crippen LogP contribution is -2.58. The molecule has 0 aromatic carbocycles. The fourth-order valence-corrected chi connectivity index (χ4v) is 8.14. The minimum absolute atomic E-state index is 0.0568. The molecule has 51 heavy (non-hydrogen) atoms. The number of rotatable bonds is 19. The molecule has 1 saturated heterocycles. The summed E-state index contributed by atoms with van der Waals surface area (Å²) < 4.78 is 50.9. The molecule has 1 aliphatic heterocycles. The van der Waals surface area contributed by atoms with Gasteiger partial charge >= 0.3 is 26.0 Å². The molecular formula is C34H56N3O13P. The van der Waals surface area contributed by atoms with Gasteiger partial charge in [0, 0.05) is 12.5 Å². The number of alkyl carbamates (subject to hydrolysis) is 1. The van der Waals surface area contributed by atoms with E-state index in [1.807, 2.05) is 13.8 Å². The second-order valence-corrected chi connectivity index (χ2v) is 16.4. The number of hydrogen-bond acceptors (Lipinski definition) is 13. The van der Waals surface area contributed by atoms with Crippen molar-refractivity contribution in [3.05, 3.63) is 12.7 Å². The fraction of sp³-hybridized carbons (Fsp3) is 0.794. The number of nitrogens with one attached hydrogen (secondary N) is 2. The molecule has 2 N–H and O–H groups in total. The van der Waals surface area contributed by atoms with Crippen molar-refractivity contribution >= 4 is 37.8 Å². The molecular weight excluding hydrogens is 689 g/mol. The first-order valence-electron chi connectivity index (χ1n) is 17.9. The Hall–Kier alpha value is -3.36. The second kappa shape index (κ2) is 19.5.